The molecular weight excluding hydrogens is 550 g/mol. The fourth-order valence-corrected chi connectivity index (χ4v) is 7.23. The van der Waals surface area contributed by atoms with Crippen LogP contribution in [0.2, 0.25) is 0 Å². The Balaban J connectivity index is 1.25. The molecule has 1 saturated heterocycles. The number of carboxylic acids is 1. The van der Waals surface area contributed by atoms with E-state index in [2.05, 4.69) is 4.98 Å². The van der Waals surface area contributed by atoms with Crippen LogP contribution in [0.1, 0.15) is 57.8 Å². The molecule has 1 aliphatic heterocycles. The quantitative estimate of drug-likeness (QED) is 0.298. The third kappa shape index (κ3) is 6.04. The van der Waals surface area contributed by atoms with Gasteiger partial charge in [0.05, 0.1) is 12.1 Å². The summed E-state index contributed by atoms with van der Waals surface area (Å²) in [6.45, 7) is 1.40. The average Bonchev–Trinajstić information content (AvgIpc) is 3.46. The lowest BCUT2D eigenvalue weighted by atomic mass is 9.90. The third-order valence-corrected chi connectivity index (χ3v) is 9.52. The standard InChI is InChI=1S/C32H37N5O4S/c1-35-15-6-16-36(32(35)41)28-14-11-22(19-33-28)25-9-4-5-10-26(25)27-20-42-31(34-27)37(24-12-13-24)30(40)23(18-29(38)39)17-21-7-2-3-8-21/h4-5,9-11,14,19-21,23-24H,2-3,6-8,12-13,15-18H2,1H3,(H,38,39)/t23-/m1/s1. The summed E-state index contributed by atoms with van der Waals surface area (Å²) < 4.78 is 0. The minimum atomic E-state index is -0.924. The van der Waals surface area contributed by atoms with Gasteiger partial charge in [0.2, 0.25) is 5.91 Å². The van der Waals surface area contributed by atoms with Crippen molar-refractivity contribution >= 4 is 40.2 Å². The number of rotatable bonds is 10. The van der Waals surface area contributed by atoms with Gasteiger partial charge in [-0.05, 0) is 49.3 Å². The molecule has 0 bridgehead atoms. The summed E-state index contributed by atoms with van der Waals surface area (Å²) in [4.78, 5) is 53.0. The lowest BCUT2D eigenvalue weighted by Gasteiger charge is -2.32. The van der Waals surface area contributed by atoms with Gasteiger partial charge < -0.3 is 10.0 Å². The van der Waals surface area contributed by atoms with E-state index in [4.69, 9.17) is 4.98 Å². The highest BCUT2D eigenvalue weighted by Crippen LogP contribution is 2.40. The molecule has 42 heavy (non-hydrogen) atoms. The zero-order chi connectivity index (χ0) is 29.2. The van der Waals surface area contributed by atoms with Crippen molar-refractivity contribution in [2.45, 2.75) is 63.8 Å². The Morgan fingerprint density at radius 1 is 1.05 bits per heavy atom. The molecule has 2 saturated carbocycles. The molecule has 1 N–H and O–H groups in total. The summed E-state index contributed by atoms with van der Waals surface area (Å²) in [6.07, 6.45) is 9.49. The average molecular weight is 588 g/mol. The molecule has 0 radical (unpaired) electrons. The van der Waals surface area contributed by atoms with Gasteiger partial charge in [-0.25, -0.2) is 14.8 Å². The summed E-state index contributed by atoms with van der Waals surface area (Å²) in [5.74, 6) is -0.490. The number of amides is 3. The van der Waals surface area contributed by atoms with Crippen LogP contribution in [0.5, 0.6) is 0 Å². The molecule has 10 heteroatoms. The van der Waals surface area contributed by atoms with Crippen LogP contribution in [0, 0.1) is 11.8 Å². The number of benzene rings is 1. The second kappa shape index (κ2) is 12.2. The predicted molar refractivity (Wildman–Crippen MR) is 164 cm³/mol. The highest BCUT2D eigenvalue weighted by atomic mass is 32.1. The Kier molecular flexibility index (Phi) is 8.24. The molecule has 3 aromatic rings. The molecule has 220 valence electrons. The Labute approximate surface area is 250 Å². The van der Waals surface area contributed by atoms with Gasteiger partial charge in [-0.3, -0.25) is 19.4 Å². The lowest BCUT2D eigenvalue weighted by molar-refractivity contribution is -0.141. The van der Waals surface area contributed by atoms with E-state index in [0.717, 1.165) is 73.9 Å². The van der Waals surface area contributed by atoms with Gasteiger partial charge in [0, 0.05) is 54.8 Å². The van der Waals surface area contributed by atoms with E-state index >= 15 is 0 Å². The molecule has 2 aliphatic carbocycles. The predicted octanol–water partition coefficient (Wildman–Crippen LogP) is 6.30. The van der Waals surface area contributed by atoms with E-state index < -0.39 is 11.9 Å². The lowest BCUT2D eigenvalue weighted by Crippen LogP contribution is -2.47. The minimum absolute atomic E-state index is 0.0412. The second-order valence-electron chi connectivity index (χ2n) is 11.8. The molecular formula is C32H37N5O4S. The number of thiazole rings is 1. The number of carbonyl (C=O) groups is 3. The summed E-state index contributed by atoms with van der Waals surface area (Å²) in [7, 11) is 1.81. The van der Waals surface area contributed by atoms with Gasteiger partial charge >= 0.3 is 12.0 Å². The zero-order valence-corrected chi connectivity index (χ0v) is 24.8. The number of carbonyl (C=O) groups excluding carboxylic acids is 2. The van der Waals surface area contributed by atoms with Gasteiger partial charge in [0.1, 0.15) is 5.82 Å². The Bertz CT molecular complexity index is 1450. The fourth-order valence-electron chi connectivity index (χ4n) is 6.33. The van der Waals surface area contributed by atoms with E-state index in [-0.39, 0.29) is 24.4 Å². The second-order valence-corrected chi connectivity index (χ2v) is 12.6. The first kappa shape index (κ1) is 28.3. The van der Waals surface area contributed by atoms with E-state index in [9.17, 15) is 19.5 Å². The van der Waals surface area contributed by atoms with E-state index in [1.54, 1.807) is 27.9 Å². The number of anilines is 2. The topological polar surface area (TPSA) is 107 Å². The number of aromatic nitrogens is 2. The van der Waals surface area contributed by atoms with Crippen LogP contribution < -0.4 is 9.80 Å². The smallest absolute Gasteiger partial charge is 0.325 e. The number of carboxylic acid groups (broad SMARTS) is 1. The number of pyridine rings is 1. The molecule has 3 amide bonds. The van der Waals surface area contributed by atoms with Crippen LogP contribution in [-0.4, -0.2) is 64.1 Å². The first-order valence-corrected chi connectivity index (χ1v) is 15.9. The first-order chi connectivity index (χ1) is 20.4. The third-order valence-electron chi connectivity index (χ3n) is 8.68. The maximum absolute atomic E-state index is 13.9. The Morgan fingerprint density at radius 2 is 1.81 bits per heavy atom. The Morgan fingerprint density at radius 3 is 2.50 bits per heavy atom. The molecule has 9 nitrogen and oxygen atoms in total. The van der Waals surface area contributed by atoms with Gasteiger partial charge in [-0.15, -0.1) is 11.3 Å². The normalized spacial score (nSPS) is 18.4. The molecule has 3 aliphatic rings. The molecule has 0 unspecified atom stereocenters. The highest BCUT2D eigenvalue weighted by molar-refractivity contribution is 7.14. The van der Waals surface area contributed by atoms with Crippen molar-refractivity contribution in [1.29, 1.82) is 0 Å². The van der Waals surface area contributed by atoms with Crippen molar-refractivity contribution in [1.82, 2.24) is 14.9 Å². The van der Waals surface area contributed by atoms with Crippen molar-refractivity contribution < 1.29 is 19.5 Å². The minimum Gasteiger partial charge on any atom is -0.481 e. The largest absolute Gasteiger partial charge is 0.481 e. The zero-order valence-electron chi connectivity index (χ0n) is 23.9. The van der Waals surface area contributed by atoms with Crippen LogP contribution in [0.25, 0.3) is 22.4 Å². The van der Waals surface area contributed by atoms with Crippen molar-refractivity contribution in [2.24, 2.45) is 11.8 Å². The molecule has 0 spiro atoms. The summed E-state index contributed by atoms with van der Waals surface area (Å²) in [6, 6.07) is 11.9. The molecule has 1 aromatic carbocycles. The van der Waals surface area contributed by atoms with E-state index in [0.29, 0.717) is 29.8 Å². The number of urea groups is 1. The van der Waals surface area contributed by atoms with Crippen molar-refractivity contribution in [2.75, 3.05) is 29.9 Å². The van der Waals surface area contributed by atoms with Gasteiger partial charge in [0.15, 0.2) is 5.13 Å². The fraction of sp³-hybridized carbons (Fsp3) is 0.469. The SMILES string of the molecule is CN1CCCN(c2ccc(-c3ccccc3-c3csc(N(C(=O)[C@@H](CC(=O)O)CC4CCCC4)C4CC4)n3)cn2)C1=O. The maximum atomic E-state index is 13.9. The number of aliphatic carboxylic acids is 1. The summed E-state index contributed by atoms with van der Waals surface area (Å²) >= 11 is 1.44. The van der Waals surface area contributed by atoms with Crippen molar-refractivity contribution in [3.05, 3.63) is 48.0 Å². The molecule has 2 aromatic heterocycles. The van der Waals surface area contributed by atoms with E-state index in [1.807, 2.05) is 41.8 Å². The van der Waals surface area contributed by atoms with E-state index in [1.165, 1.54) is 11.3 Å². The first-order valence-electron chi connectivity index (χ1n) is 15.0. The molecule has 3 heterocycles. The Hall–Kier alpha value is -3.79. The number of hydrogen-bond donors (Lipinski definition) is 1. The number of nitrogens with zero attached hydrogens (tertiary/aromatic N) is 5. The summed E-state index contributed by atoms with van der Waals surface area (Å²) in [5, 5.41) is 12.2. The van der Waals surface area contributed by atoms with Crippen LogP contribution >= 0.6 is 11.3 Å². The van der Waals surface area contributed by atoms with Crippen LogP contribution in [0.3, 0.4) is 0 Å². The monoisotopic (exact) mass is 587 g/mol. The molecule has 1 atom stereocenters. The molecule has 3 fully saturated rings. The number of hydrogen-bond acceptors (Lipinski definition) is 6. The van der Waals surface area contributed by atoms with Crippen molar-refractivity contribution in [3.8, 4) is 22.4 Å². The van der Waals surface area contributed by atoms with Crippen LogP contribution in [0.15, 0.2) is 48.0 Å². The van der Waals surface area contributed by atoms with Crippen LogP contribution in [-0.2, 0) is 9.59 Å². The van der Waals surface area contributed by atoms with Gasteiger partial charge in [-0.2, -0.15) is 0 Å². The summed E-state index contributed by atoms with van der Waals surface area (Å²) in [5.41, 5.74) is 3.57. The van der Waals surface area contributed by atoms with Gasteiger partial charge in [0.25, 0.3) is 0 Å². The van der Waals surface area contributed by atoms with Crippen molar-refractivity contribution in [3.63, 3.8) is 0 Å². The van der Waals surface area contributed by atoms with Crippen LogP contribution in [0.4, 0.5) is 15.7 Å². The maximum Gasteiger partial charge on any atom is 0.325 e. The van der Waals surface area contributed by atoms with Gasteiger partial charge in [-0.1, -0.05) is 49.9 Å². The highest BCUT2D eigenvalue weighted by Gasteiger charge is 2.40. The molecule has 6 rings (SSSR count).